The quantitative estimate of drug-likeness (QED) is 0.612. The lowest BCUT2D eigenvalue weighted by atomic mass is 9.92. The van der Waals surface area contributed by atoms with E-state index in [0.29, 0.717) is 18.3 Å². The van der Waals surface area contributed by atoms with Crippen LogP contribution in [0.5, 0.6) is 0 Å². The smallest absolute Gasteiger partial charge is 0.342 e. The van der Waals surface area contributed by atoms with Gasteiger partial charge in [0, 0.05) is 12.6 Å². The predicted molar refractivity (Wildman–Crippen MR) is 72.8 cm³/mol. The Morgan fingerprint density at radius 2 is 2.25 bits per heavy atom. The molecule has 1 heterocycles. The normalized spacial score (nSPS) is 15.9. The number of pyridine rings is 1. The molecule has 0 bridgehead atoms. The van der Waals surface area contributed by atoms with Gasteiger partial charge in [-0.05, 0) is 24.2 Å². The third kappa shape index (κ3) is 2.71. The molecule has 1 fully saturated rings. The van der Waals surface area contributed by atoms with E-state index < -0.39 is 16.6 Å². The zero-order valence-electron chi connectivity index (χ0n) is 11.4. The maximum atomic E-state index is 11.0. The fourth-order valence-corrected chi connectivity index (χ4v) is 2.25. The number of carbonyl (C=O) groups is 1. The monoisotopic (exact) mass is 279 g/mol. The van der Waals surface area contributed by atoms with Gasteiger partial charge in [-0.25, -0.2) is 9.78 Å². The highest BCUT2D eigenvalue weighted by molar-refractivity contribution is 5.93. The molecule has 1 aromatic heterocycles. The number of nitro groups is 1. The fraction of sp³-hybridized carbons (Fsp3) is 0.538. The second-order valence-corrected chi connectivity index (χ2v) is 5.52. The van der Waals surface area contributed by atoms with Crippen LogP contribution in [-0.4, -0.2) is 27.5 Å². The third-order valence-electron chi connectivity index (χ3n) is 4.05. The molecule has 1 aliphatic carbocycles. The van der Waals surface area contributed by atoms with Gasteiger partial charge >= 0.3 is 11.7 Å². The van der Waals surface area contributed by atoms with Crippen molar-refractivity contribution in [2.75, 3.05) is 11.9 Å². The van der Waals surface area contributed by atoms with Gasteiger partial charge in [-0.1, -0.05) is 13.8 Å². The van der Waals surface area contributed by atoms with E-state index in [1.807, 2.05) is 0 Å². The minimum atomic E-state index is -1.33. The summed E-state index contributed by atoms with van der Waals surface area (Å²) in [4.78, 5) is 25.0. The number of hydrogen-bond donors (Lipinski definition) is 2. The molecule has 7 nitrogen and oxygen atoms in total. The highest BCUT2D eigenvalue weighted by Gasteiger charge is 2.45. The molecule has 0 unspecified atom stereocenters. The molecule has 0 aliphatic heterocycles. The molecule has 0 radical (unpaired) electrons. The Balaban J connectivity index is 2.16. The van der Waals surface area contributed by atoms with Gasteiger partial charge in [0.2, 0.25) is 0 Å². The molecule has 0 amide bonds. The van der Waals surface area contributed by atoms with Crippen molar-refractivity contribution in [1.82, 2.24) is 4.98 Å². The first kappa shape index (κ1) is 14.2. The standard InChI is InChI=1S/C13H17N3O4/c1-8(2)13(3-4-13)7-15-11-5-9(12(17)18)10(6-14-11)16(19)20/h5-6,8H,3-4,7H2,1-2H3,(H,14,15)(H,17,18). The molecule has 2 rings (SSSR count). The lowest BCUT2D eigenvalue weighted by molar-refractivity contribution is -0.385. The zero-order valence-corrected chi connectivity index (χ0v) is 11.4. The molecule has 2 N–H and O–H groups in total. The summed E-state index contributed by atoms with van der Waals surface area (Å²) in [7, 11) is 0. The Bertz CT molecular complexity index is 553. The van der Waals surface area contributed by atoms with E-state index in [1.54, 1.807) is 0 Å². The highest BCUT2D eigenvalue weighted by Crippen LogP contribution is 2.51. The van der Waals surface area contributed by atoms with Crippen molar-refractivity contribution < 1.29 is 14.8 Å². The Hall–Kier alpha value is -2.18. The van der Waals surface area contributed by atoms with Crippen LogP contribution in [0.4, 0.5) is 11.5 Å². The number of aromatic nitrogens is 1. The van der Waals surface area contributed by atoms with Gasteiger partial charge in [-0.3, -0.25) is 10.1 Å². The van der Waals surface area contributed by atoms with E-state index in [9.17, 15) is 14.9 Å². The van der Waals surface area contributed by atoms with Gasteiger partial charge in [-0.15, -0.1) is 0 Å². The number of nitrogens with one attached hydrogen (secondary N) is 1. The average molecular weight is 279 g/mol. The number of carboxylic acids is 1. The minimum absolute atomic E-state index is 0.243. The van der Waals surface area contributed by atoms with Crippen molar-refractivity contribution >= 4 is 17.5 Å². The summed E-state index contributed by atoms with van der Waals surface area (Å²) in [5, 5.41) is 22.8. The van der Waals surface area contributed by atoms with E-state index in [2.05, 4.69) is 24.1 Å². The van der Waals surface area contributed by atoms with E-state index in [4.69, 9.17) is 5.11 Å². The van der Waals surface area contributed by atoms with Crippen molar-refractivity contribution in [2.45, 2.75) is 26.7 Å². The van der Waals surface area contributed by atoms with Crippen molar-refractivity contribution in [1.29, 1.82) is 0 Å². The second-order valence-electron chi connectivity index (χ2n) is 5.52. The summed E-state index contributed by atoms with van der Waals surface area (Å²) in [6, 6.07) is 1.22. The number of aromatic carboxylic acids is 1. The minimum Gasteiger partial charge on any atom is -0.477 e. The lowest BCUT2D eigenvalue weighted by Gasteiger charge is -2.20. The van der Waals surface area contributed by atoms with E-state index in [0.717, 1.165) is 19.0 Å². The number of rotatable bonds is 6. The number of nitrogens with zero attached hydrogens (tertiary/aromatic N) is 2. The topological polar surface area (TPSA) is 105 Å². The molecule has 0 aromatic carbocycles. The molecule has 0 spiro atoms. The van der Waals surface area contributed by atoms with Crippen LogP contribution in [0.25, 0.3) is 0 Å². The third-order valence-corrected chi connectivity index (χ3v) is 4.05. The molecule has 0 saturated heterocycles. The molecule has 20 heavy (non-hydrogen) atoms. The molecular formula is C13H17N3O4. The Labute approximate surface area is 116 Å². The maximum absolute atomic E-state index is 11.0. The summed E-state index contributed by atoms with van der Waals surface area (Å²) in [6.45, 7) is 5.01. The summed E-state index contributed by atoms with van der Waals surface area (Å²) >= 11 is 0. The summed E-state index contributed by atoms with van der Waals surface area (Å²) in [5.74, 6) is -0.431. The molecule has 7 heteroatoms. The largest absolute Gasteiger partial charge is 0.477 e. The first-order valence-corrected chi connectivity index (χ1v) is 6.47. The summed E-state index contributed by atoms with van der Waals surface area (Å²) < 4.78 is 0. The van der Waals surface area contributed by atoms with Crippen molar-refractivity contribution in [3.63, 3.8) is 0 Å². The first-order chi connectivity index (χ1) is 9.35. The SMILES string of the molecule is CC(C)C1(CNc2cc(C(=O)O)c([N+](=O)[O-])cn2)CC1. The summed E-state index contributed by atoms with van der Waals surface area (Å²) in [5.41, 5.74) is -0.595. The Morgan fingerprint density at radius 3 is 2.70 bits per heavy atom. The van der Waals surface area contributed by atoms with Crippen LogP contribution in [0.2, 0.25) is 0 Å². The molecule has 1 aromatic rings. The van der Waals surface area contributed by atoms with Gasteiger partial charge in [-0.2, -0.15) is 0 Å². The van der Waals surface area contributed by atoms with Gasteiger partial charge in [0.1, 0.15) is 17.6 Å². The van der Waals surface area contributed by atoms with Crippen LogP contribution in [0.1, 0.15) is 37.0 Å². The fourth-order valence-electron chi connectivity index (χ4n) is 2.25. The zero-order chi connectivity index (χ0) is 14.9. The Morgan fingerprint density at radius 1 is 1.60 bits per heavy atom. The number of carboxylic acid groups (broad SMARTS) is 1. The second kappa shape index (κ2) is 5.07. The van der Waals surface area contributed by atoms with E-state index in [1.165, 1.54) is 6.07 Å². The van der Waals surface area contributed by atoms with Crippen molar-refractivity contribution in [2.24, 2.45) is 11.3 Å². The van der Waals surface area contributed by atoms with Crippen LogP contribution in [-0.2, 0) is 0 Å². The van der Waals surface area contributed by atoms with Crippen LogP contribution in [0.3, 0.4) is 0 Å². The first-order valence-electron chi connectivity index (χ1n) is 6.47. The van der Waals surface area contributed by atoms with Crippen LogP contribution in [0.15, 0.2) is 12.3 Å². The van der Waals surface area contributed by atoms with Crippen LogP contribution < -0.4 is 5.32 Å². The van der Waals surface area contributed by atoms with Crippen molar-refractivity contribution in [3.8, 4) is 0 Å². The van der Waals surface area contributed by atoms with Gasteiger partial charge in [0.15, 0.2) is 0 Å². The average Bonchev–Trinajstić information content (AvgIpc) is 3.17. The molecule has 108 valence electrons. The molecule has 0 atom stereocenters. The van der Waals surface area contributed by atoms with Crippen LogP contribution in [0, 0.1) is 21.4 Å². The maximum Gasteiger partial charge on any atom is 0.342 e. The number of hydrogen-bond acceptors (Lipinski definition) is 5. The summed E-state index contributed by atoms with van der Waals surface area (Å²) in [6.07, 6.45) is 3.26. The van der Waals surface area contributed by atoms with Crippen LogP contribution >= 0.6 is 0 Å². The predicted octanol–water partition coefficient (Wildman–Crippen LogP) is 2.54. The lowest BCUT2D eigenvalue weighted by Crippen LogP contribution is -2.21. The van der Waals surface area contributed by atoms with Crippen molar-refractivity contribution in [3.05, 3.63) is 27.9 Å². The van der Waals surface area contributed by atoms with Gasteiger partial charge in [0.25, 0.3) is 0 Å². The number of anilines is 1. The molecule has 1 saturated carbocycles. The van der Waals surface area contributed by atoms with Gasteiger partial charge in [0.05, 0.1) is 4.92 Å². The molecular weight excluding hydrogens is 262 g/mol. The van der Waals surface area contributed by atoms with E-state index >= 15 is 0 Å². The molecule has 1 aliphatic rings. The van der Waals surface area contributed by atoms with Gasteiger partial charge < -0.3 is 10.4 Å². The Kier molecular flexibility index (Phi) is 3.61. The highest BCUT2D eigenvalue weighted by atomic mass is 16.6. The van der Waals surface area contributed by atoms with E-state index in [-0.39, 0.29) is 11.0 Å².